The van der Waals surface area contributed by atoms with E-state index in [0.717, 1.165) is 4.90 Å². The lowest BCUT2D eigenvalue weighted by atomic mass is 10.3. The molecule has 3 nitrogen and oxygen atoms in total. The lowest BCUT2D eigenvalue weighted by Crippen LogP contribution is -2.22. The van der Waals surface area contributed by atoms with Gasteiger partial charge < -0.3 is 10.1 Å². The number of carbonyl (C=O) groups is 1. The molecule has 1 atom stereocenters. The molecule has 1 N–H and O–H groups in total. The molecule has 5 heteroatoms. The minimum atomic E-state index is -0.305. The van der Waals surface area contributed by atoms with Crippen molar-refractivity contribution < 1.29 is 13.9 Å². The predicted octanol–water partition coefficient (Wildman–Crippen LogP) is 3.95. The van der Waals surface area contributed by atoms with Gasteiger partial charge in [0.15, 0.2) is 0 Å². The molecule has 0 unspecified atom stereocenters. The van der Waals surface area contributed by atoms with E-state index in [1.54, 1.807) is 38.3 Å². The molecular weight excluding hydrogens is 289 g/mol. The van der Waals surface area contributed by atoms with Gasteiger partial charge in [-0.05, 0) is 43.3 Å². The topological polar surface area (TPSA) is 38.3 Å². The van der Waals surface area contributed by atoms with Crippen LogP contribution < -0.4 is 10.1 Å². The van der Waals surface area contributed by atoms with Crippen LogP contribution in [0.1, 0.15) is 6.92 Å². The molecule has 0 fully saturated rings. The quantitative estimate of drug-likeness (QED) is 0.850. The number of para-hydroxylation sites is 2. The van der Waals surface area contributed by atoms with Gasteiger partial charge in [0, 0.05) is 4.90 Å². The second-order valence-electron chi connectivity index (χ2n) is 4.40. The minimum absolute atomic E-state index is 0.131. The number of anilines is 1. The van der Waals surface area contributed by atoms with Crippen LogP contribution >= 0.6 is 11.8 Å². The van der Waals surface area contributed by atoms with Gasteiger partial charge >= 0.3 is 0 Å². The Morgan fingerprint density at radius 1 is 1.19 bits per heavy atom. The number of benzene rings is 2. The van der Waals surface area contributed by atoms with Crippen molar-refractivity contribution in [1.29, 1.82) is 0 Å². The number of hydrogen-bond acceptors (Lipinski definition) is 3. The highest BCUT2D eigenvalue weighted by atomic mass is 32.2. The van der Waals surface area contributed by atoms with Crippen molar-refractivity contribution in [2.75, 3.05) is 12.4 Å². The maximum Gasteiger partial charge on any atom is 0.237 e. The summed E-state index contributed by atoms with van der Waals surface area (Å²) in [6, 6.07) is 13.3. The molecule has 2 rings (SSSR count). The van der Waals surface area contributed by atoms with Gasteiger partial charge in [0.1, 0.15) is 11.6 Å². The SMILES string of the molecule is COc1ccccc1NC(=O)[C@H](C)Sc1ccc(F)cc1. The molecule has 0 aliphatic rings. The van der Waals surface area contributed by atoms with Crippen LogP contribution in [-0.4, -0.2) is 18.3 Å². The number of rotatable bonds is 5. The molecule has 0 radical (unpaired) electrons. The Hall–Kier alpha value is -2.01. The van der Waals surface area contributed by atoms with E-state index in [9.17, 15) is 9.18 Å². The van der Waals surface area contributed by atoms with E-state index in [4.69, 9.17) is 4.74 Å². The van der Waals surface area contributed by atoms with Gasteiger partial charge in [-0.3, -0.25) is 4.79 Å². The van der Waals surface area contributed by atoms with Gasteiger partial charge in [-0.15, -0.1) is 11.8 Å². The lowest BCUT2D eigenvalue weighted by molar-refractivity contribution is -0.115. The van der Waals surface area contributed by atoms with E-state index < -0.39 is 0 Å². The fraction of sp³-hybridized carbons (Fsp3) is 0.188. The van der Waals surface area contributed by atoms with Gasteiger partial charge in [-0.1, -0.05) is 12.1 Å². The molecule has 1 amide bonds. The van der Waals surface area contributed by atoms with Crippen LogP contribution in [0.4, 0.5) is 10.1 Å². The van der Waals surface area contributed by atoms with Gasteiger partial charge in [0.2, 0.25) is 5.91 Å². The Bertz CT molecular complexity index is 616. The van der Waals surface area contributed by atoms with Crippen LogP contribution in [0.2, 0.25) is 0 Å². The Kier molecular flexibility index (Phi) is 5.22. The van der Waals surface area contributed by atoms with Crippen LogP contribution in [0.3, 0.4) is 0 Å². The second-order valence-corrected chi connectivity index (χ2v) is 5.82. The number of hydrogen-bond donors (Lipinski definition) is 1. The normalized spacial score (nSPS) is 11.8. The average Bonchev–Trinajstić information content (AvgIpc) is 2.50. The fourth-order valence-electron chi connectivity index (χ4n) is 1.75. The second kappa shape index (κ2) is 7.13. The molecule has 21 heavy (non-hydrogen) atoms. The summed E-state index contributed by atoms with van der Waals surface area (Å²) in [5.74, 6) is 0.198. The van der Waals surface area contributed by atoms with Gasteiger partial charge in [0.25, 0.3) is 0 Å². The zero-order chi connectivity index (χ0) is 15.2. The van der Waals surface area contributed by atoms with Gasteiger partial charge in [0.05, 0.1) is 18.0 Å². The number of carbonyl (C=O) groups excluding carboxylic acids is 1. The zero-order valence-electron chi connectivity index (χ0n) is 11.8. The summed E-state index contributed by atoms with van der Waals surface area (Å²) in [4.78, 5) is 13.0. The molecule has 2 aromatic carbocycles. The number of methoxy groups -OCH3 is 1. The van der Waals surface area contributed by atoms with Crippen LogP contribution in [0.15, 0.2) is 53.4 Å². The molecule has 110 valence electrons. The monoisotopic (exact) mass is 305 g/mol. The molecule has 0 spiro atoms. The first-order valence-corrected chi connectivity index (χ1v) is 7.34. The van der Waals surface area contributed by atoms with Crippen molar-refractivity contribution in [3.8, 4) is 5.75 Å². The van der Waals surface area contributed by atoms with E-state index >= 15 is 0 Å². The van der Waals surface area contributed by atoms with E-state index in [1.165, 1.54) is 23.9 Å². The third-order valence-corrected chi connectivity index (χ3v) is 3.97. The Labute approximate surface area is 127 Å². The van der Waals surface area contributed by atoms with E-state index in [2.05, 4.69) is 5.32 Å². The molecule has 2 aromatic rings. The largest absolute Gasteiger partial charge is 0.495 e. The predicted molar refractivity (Wildman–Crippen MR) is 83.3 cm³/mol. The third-order valence-electron chi connectivity index (χ3n) is 2.86. The average molecular weight is 305 g/mol. The van der Waals surface area contributed by atoms with E-state index in [0.29, 0.717) is 11.4 Å². The standard InChI is InChI=1S/C16H16FNO2S/c1-11(21-13-9-7-12(17)8-10-13)16(19)18-14-5-3-4-6-15(14)20-2/h3-11H,1-2H3,(H,18,19)/t11-/m0/s1. The van der Waals surface area contributed by atoms with Gasteiger partial charge in [-0.25, -0.2) is 4.39 Å². The van der Waals surface area contributed by atoms with E-state index in [-0.39, 0.29) is 17.0 Å². The number of halogens is 1. The maximum absolute atomic E-state index is 12.9. The first-order valence-electron chi connectivity index (χ1n) is 6.46. The summed E-state index contributed by atoms with van der Waals surface area (Å²) in [5.41, 5.74) is 0.636. The van der Waals surface area contributed by atoms with Crippen molar-refractivity contribution in [1.82, 2.24) is 0 Å². The summed E-state index contributed by atoms with van der Waals surface area (Å²) < 4.78 is 18.0. The highest BCUT2D eigenvalue weighted by molar-refractivity contribution is 8.00. The third kappa shape index (κ3) is 4.23. The molecule has 0 aliphatic heterocycles. The van der Waals surface area contributed by atoms with Crippen LogP contribution in [0.5, 0.6) is 5.75 Å². The lowest BCUT2D eigenvalue weighted by Gasteiger charge is -2.14. The minimum Gasteiger partial charge on any atom is -0.495 e. The van der Waals surface area contributed by atoms with Crippen LogP contribution in [0.25, 0.3) is 0 Å². The Morgan fingerprint density at radius 3 is 2.52 bits per heavy atom. The summed E-state index contributed by atoms with van der Waals surface area (Å²) in [7, 11) is 1.56. The number of thioether (sulfide) groups is 1. The van der Waals surface area contributed by atoms with Crippen molar-refractivity contribution >= 4 is 23.4 Å². The first kappa shape index (κ1) is 15.4. The molecule has 0 bridgehead atoms. The van der Waals surface area contributed by atoms with E-state index in [1.807, 2.05) is 12.1 Å². The maximum atomic E-state index is 12.9. The molecule has 0 aliphatic carbocycles. The Balaban J connectivity index is 2.01. The summed E-state index contributed by atoms with van der Waals surface area (Å²) in [6.07, 6.45) is 0. The van der Waals surface area contributed by atoms with Gasteiger partial charge in [-0.2, -0.15) is 0 Å². The van der Waals surface area contributed by atoms with Crippen LogP contribution in [0, 0.1) is 5.82 Å². The Morgan fingerprint density at radius 2 is 1.86 bits per heavy atom. The number of ether oxygens (including phenoxy) is 1. The van der Waals surface area contributed by atoms with Crippen molar-refractivity contribution in [2.24, 2.45) is 0 Å². The smallest absolute Gasteiger partial charge is 0.237 e. The first-order chi connectivity index (χ1) is 10.1. The highest BCUT2D eigenvalue weighted by Gasteiger charge is 2.16. The number of nitrogens with one attached hydrogen (secondary N) is 1. The number of amides is 1. The van der Waals surface area contributed by atoms with Crippen LogP contribution in [-0.2, 0) is 4.79 Å². The zero-order valence-corrected chi connectivity index (χ0v) is 12.6. The highest BCUT2D eigenvalue weighted by Crippen LogP contribution is 2.27. The summed E-state index contributed by atoms with van der Waals surface area (Å²) in [5, 5.41) is 2.53. The molecule has 0 heterocycles. The molecule has 0 saturated heterocycles. The molecular formula is C16H16FNO2S. The summed E-state index contributed by atoms with van der Waals surface area (Å²) in [6.45, 7) is 1.80. The van der Waals surface area contributed by atoms with Crippen molar-refractivity contribution in [3.63, 3.8) is 0 Å². The molecule has 0 saturated carbocycles. The van der Waals surface area contributed by atoms with Crippen molar-refractivity contribution in [2.45, 2.75) is 17.1 Å². The van der Waals surface area contributed by atoms with Crippen molar-refractivity contribution in [3.05, 3.63) is 54.3 Å². The summed E-state index contributed by atoms with van der Waals surface area (Å²) >= 11 is 1.37. The fourth-order valence-corrected chi connectivity index (χ4v) is 2.62. The molecule has 0 aromatic heterocycles.